The Hall–Kier alpha value is -1.53. The Labute approximate surface area is 98.2 Å². The summed E-state index contributed by atoms with van der Waals surface area (Å²) in [5.41, 5.74) is 0.583. The molecule has 0 radical (unpaired) electrons. The fourth-order valence-corrected chi connectivity index (χ4v) is 1.86. The molecule has 4 nitrogen and oxygen atoms in total. The van der Waals surface area contributed by atoms with Gasteiger partial charge in [-0.25, -0.2) is 4.39 Å². The number of aromatic nitrogens is 1. The van der Waals surface area contributed by atoms with E-state index in [1.165, 1.54) is 6.20 Å². The highest BCUT2D eigenvalue weighted by molar-refractivity contribution is 7.85. The molecule has 0 unspecified atom stereocenters. The molecule has 1 aromatic carbocycles. The first-order valence-corrected chi connectivity index (χ1v) is 6.64. The summed E-state index contributed by atoms with van der Waals surface area (Å²) >= 11 is 0. The van der Waals surface area contributed by atoms with Crippen molar-refractivity contribution in [1.29, 1.82) is 0 Å². The molecule has 0 N–H and O–H groups in total. The van der Waals surface area contributed by atoms with Crippen LogP contribution >= 0.6 is 0 Å². The van der Waals surface area contributed by atoms with E-state index in [0.29, 0.717) is 16.3 Å². The Morgan fingerprint density at radius 1 is 1.29 bits per heavy atom. The number of halogens is 1. The fourth-order valence-electron chi connectivity index (χ4n) is 1.52. The van der Waals surface area contributed by atoms with E-state index < -0.39 is 15.9 Å². The van der Waals surface area contributed by atoms with E-state index >= 15 is 0 Å². The molecule has 0 saturated heterocycles. The first-order chi connectivity index (χ1) is 7.97. The van der Waals surface area contributed by atoms with E-state index in [0.717, 1.165) is 12.5 Å². The number of nitrogens with zero attached hydrogens (tertiary/aromatic N) is 1. The molecule has 0 bridgehead atoms. The molecule has 0 fully saturated rings. The van der Waals surface area contributed by atoms with Crippen LogP contribution in [0, 0.1) is 5.82 Å². The highest BCUT2D eigenvalue weighted by atomic mass is 32.2. The van der Waals surface area contributed by atoms with E-state index in [1.54, 1.807) is 18.2 Å². The second-order valence-corrected chi connectivity index (χ2v) is 5.24. The van der Waals surface area contributed by atoms with Crippen molar-refractivity contribution in [2.24, 2.45) is 0 Å². The number of rotatable bonds is 3. The van der Waals surface area contributed by atoms with Crippen molar-refractivity contribution in [2.75, 3.05) is 6.26 Å². The molecule has 0 amide bonds. The third-order valence-corrected chi connectivity index (χ3v) is 2.82. The average molecular weight is 255 g/mol. The smallest absolute Gasteiger partial charge is 0.264 e. The predicted molar refractivity (Wildman–Crippen MR) is 61.3 cm³/mol. The van der Waals surface area contributed by atoms with E-state index in [2.05, 4.69) is 9.17 Å². The monoisotopic (exact) mass is 255 g/mol. The van der Waals surface area contributed by atoms with Gasteiger partial charge in [-0.15, -0.1) is 0 Å². The Morgan fingerprint density at radius 2 is 2.06 bits per heavy atom. The van der Waals surface area contributed by atoms with Crippen molar-refractivity contribution in [2.45, 2.75) is 6.61 Å². The van der Waals surface area contributed by atoms with Crippen molar-refractivity contribution in [3.05, 3.63) is 42.0 Å². The first kappa shape index (κ1) is 11.9. The molecule has 0 saturated carbocycles. The van der Waals surface area contributed by atoms with Crippen LogP contribution in [0.3, 0.4) is 0 Å². The minimum Gasteiger partial charge on any atom is -0.265 e. The molecular weight excluding hydrogens is 245 g/mol. The second-order valence-electron chi connectivity index (χ2n) is 3.60. The maximum absolute atomic E-state index is 13.4. The number of fused-ring (bicyclic) bond motifs is 1. The van der Waals surface area contributed by atoms with Gasteiger partial charge < -0.3 is 0 Å². The van der Waals surface area contributed by atoms with Crippen molar-refractivity contribution in [3.8, 4) is 0 Å². The van der Waals surface area contributed by atoms with Gasteiger partial charge in [0.1, 0.15) is 5.82 Å². The van der Waals surface area contributed by atoms with Crippen molar-refractivity contribution < 1.29 is 17.0 Å². The lowest BCUT2D eigenvalue weighted by molar-refractivity contribution is 0.313. The van der Waals surface area contributed by atoms with Crippen LogP contribution < -0.4 is 0 Å². The maximum atomic E-state index is 13.4. The molecule has 1 heterocycles. The molecule has 90 valence electrons. The van der Waals surface area contributed by atoms with Gasteiger partial charge in [-0.05, 0) is 5.56 Å². The molecule has 1 aromatic heterocycles. The van der Waals surface area contributed by atoms with Crippen molar-refractivity contribution in [1.82, 2.24) is 4.98 Å². The van der Waals surface area contributed by atoms with Gasteiger partial charge in [0, 0.05) is 17.0 Å². The summed E-state index contributed by atoms with van der Waals surface area (Å²) in [6.07, 6.45) is 3.57. The van der Waals surface area contributed by atoms with Crippen molar-refractivity contribution in [3.63, 3.8) is 0 Å². The number of hydrogen-bond donors (Lipinski definition) is 0. The van der Waals surface area contributed by atoms with Crippen LogP contribution in [0.1, 0.15) is 5.56 Å². The summed E-state index contributed by atoms with van der Waals surface area (Å²) in [5, 5.41) is 0.950. The molecule has 6 heteroatoms. The summed E-state index contributed by atoms with van der Waals surface area (Å²) in [6.45, 7) is -0.124. The average Bonchev–Trinajstić information content (AvgIpc) is 2.26. The predicted octanol–water partition coefficient (Wildman–Crippen LogP) is 1.85. The van der Waals surface area contributed by atoms with Gasteiger partial charge in [-0.1, -0.05) is 18.2 Å². The van der Waals surface area contributed by atoms with Gasteiger partial charge in [0.15, 0.2) is 0 Å². The van der Waals surface area contributed by atoms with E-state index in [1.807, 2.05) is 0 Å². The third kappa shape index (κ3) is 2.78. The molecule has 2 aromatic rings. The van der Waals surface area contributed by atoms with Gasteiger partial charge in [0.05, 0.1) is 19.1 Å². The number of pyridine rings is 1. The minimum absolute atomic E-state index is 0.124. The van der Waals surface area contributed by atoms with Gasteiger partial charge in [-0.2, -0.15) is 8.42 Å². The summed E-state index contributed by atoms with van der Waals surface area (Å²) in [7, 11) is -3.52. The first-order valence-electron chi connectivity index (χ1n) is 4.83. The normalized spacial score (nSPS) is 11.9. The molecule has 0 aliphatic heterocycles. The van der Waals surface area contributed by atoms with Gasteiger partial charge in [0.25, 0.3) is 10.1 Å². The Morgan fingerprint density at radius 3 is 2.76 bits per heavy atom. The zero-order valence-electron chi connectivity index (χ0n) is 9.05. The third-order valence-electron chi connectivity index (χ3n) is 2.27. The Bertz CT molecular complexity index is 655. The highest BCUT2D eigenvalue weighted by Gasteiger charge is 2.08. The minimum atomic E-state index is -3.52. The SMILES string of the molecule is CS(=O)(=O)OCc1cccc2c(F)cncc12. The fraction of sp³-hybridized carbons (Fsp3) is 0.182. The second kappa shape index (κ2) is 4.38. The van der Waals surface area contributed by atoms with Crippen molar-refractivity contribution >= 4 is 20.9 Å². The van der Waals surface area contributed by atoms with E-state index in [4.69, 9.17) is 0 Å². The summed E-state index contributed by atoms with van der Waals surface area (Å²) in [5.74, 6) is -0.441. The molecule has 0 aliphatic carbocycles. The molecule has 2 rings (SSSR count). The van der Waals surface area contributed by atoms with Crippen LogP contribution in [-0.4, -0.2) is 19.7 Å². The molecule has 0 atom stereocenters. The summed E-state index contributed by atoms with van der Waals surface area (Å²) in [6, 6.07) is 4.93. The van der Waals surface area contributed by atoms with Crippen LogP contribution in [0.4, 0.5) is 4.39 Å². The highest BCUT2D eigenvalue weighted by Crippen LogP contribution is 2.21. The molecule has 0 aliphatic rings. The maximum Gasteiger partial charge on any atom is 0.264 e. The quantitative estimate of drug-likeness (QED) is 0.785. The van der Waals surface area contributed by atoms with E-state index in [-0.39, 0.29) is 6.61 Å². The zero-order chi connectivity index (χ0) is 12.5. The lowest BCUT2D eigenvalue weighted by Gasteiger charge is -2.06. The van der Waals surface area contributed by atoms with Gasteiger partial charge in [0.2, 0.25) is 0 Å². The largest absolute Gasteiger partial charge is 0.265 e. The van der Waals surface area contributed by atoms with Gasteiger partial charge >= 0.3 is 0 Å². The molecular formula is C11H10FNO3S. The topological polar surface area (TPSA) is 56.3 Å². The molecule has 0 spiro atoms. The number of benzene rings is 1. The summed E-state index contributed by atoms with van der Waals surface area (Å²) < 4.78 is 39.9. The Balaban J connectivity index is 2.45. The molecule has 17 heavy (non-hydrogen) atoms. The van der Waals surface area contributed by atoms with Crippen LogP contribution in [0.2, 0.25) is 0 Å². The zero-order valence-corrected chi connectivity index (χ0v) is 9.87. The van der Waals surface area contributed by atoms with Crippen LogP contribution in [0.25, 0.3) is 10.8 Å². The lowest BCUT2D eigenvalue weighted by Crippen LogP contribution is -2.03. The number of hydrogen-bond acceptors (Lipinski definition) is 4. The van der Waals surface area contributed by atoms with Gasteiger partial charge in [-0.3, -0.25) is 9.17 Å². The summed E-state index contributed by atoms with van der Waals surface area (Å²) in [4.78, 5) is 3.74. The van der Waals surface area contributed by atoms with Crippen LogP contribution in [-0.2, 0) is 20.9 Å². The van der Waals surface area contributed by atoms with Crippen LogP contribution in [0.5, 0.6) is 0 Å². The lowest BCUT2D eigenvalue weighted by atomic mass is 10.1. The van der Waals surface area contributed by atoms with E-state index in [9.17, 15) is 12.8 Å². The Kier molecular flexibility index (Phi) is 3.08. The van der Waals surface area contributed by atoms with Crippen LogP contribution in [0.15, 0.2) is 30.6 Å². The standard InChI is InChI=1S/C11H10FNO3S/c1-17(14,15)16-7-8-3-2-4-9-10(8)5-13-6-11(9)12/h2-6H,7H2,1H3.